The molecule has 0 rings (SSSR count). The van der Waals surface area contributed by atoms with Gasteiger partial charge in [0, 0.05) is 0 Å². The van der Waals surface area contributed by atoms with Crippen molar-refractivity contribution in [1.29, 1.82) is 0 Å². The Morgan fingerprint density at radius 3 is 0.900 bits per heavy atom. The Labute approximate surface area is 117 Å². The summed E-state index contributed by atoms with van der Waals surface area (Å²) in [5.41, 5.74) is 0. The average molecular weight is 298 g/mol. The van der Waals surface area contributed by atoms with Gasteiger partial charge in [-0.25, -0.2) is 14.4 Å². The van der Waals surface area contributed by atoms with Crippen LogP contribution < -0.4 is 0 Å². The van der Waals surface area contributed by atoms with E-state index in [2.05, 4.69) is 18.9 Å². The molecule has 120 valence electrons. The highest BCUT2D eigenvalue weighted by Gasteiger charge is 1.96. The molecule has 0 aromatic carbocycles. The highest BCUT2D eigenvalue weighted by molar-refractivity contribution is 5.59. The van der Waals surface area contributed by atoms with Gasteiger partial charge in [0.05, 0.1) is 26.4 Å². The minimum atomic E-state index is -1.83. The number of carbonyl (C=O) groups is 3. The van der Waals surface area contributed by atoms with E-state index in [1.54, 1.807) is 27.7 Å². The Kier molecular flexibility index (Phi) is 22.0. The van der Waals surface area contributed by atoms with Crippen molar-refractivity contribution in [2.24, 2.45) is 0 Å². The van der Waals surface area contributed by atoms with Crippen LogP contribution in [0.25, 0.3) is 0 Å². The smallest absolute Gasteiger partial charge is 0.450 e. The molecule has 0 saturated carbocycles. The zero-order valence-electron chi connectivity index (χ0n) is 12.1. The molecule has 0 aromatic heterocycles. The first-order chi connectivity index (χ1) is 9.35. The molecule has 2 N–H and O–H groups in total. The number of hydrogen-bond donors (Lipinski definition) is 2. The molecule has 0 radical (unpaired) electrons. The van der Waals surface area contributed by atoms with Crippen LogP contribution in [0.5, 0.6) is 0 Å². The third kappa shape index (κ3) is 36.0. The fourth-order valence-corrected chi connectivity index (χ4v) is 0.555. The summed E-state index contributed by atoms with van der Waals surface area (Å²) in [6, 6.07) is 0. The molecule has 0 amide bonds. The molecule has 9 heteroatoms. The minimum absolute atomic E-state index is 0.374. The molecule has 20 heavy (non-hydrogen) atoms. The predicted octanol–water partition coefficient (Wildman–Crippen LogP) is 2.58. The lowest BCUT2D eigenvalue weighted by Gasteiger charge is -1.98. The van der Waals surface area contributed by atoms with Crippen LogP contribution in [-0.4, -0.2) is 55.1 Å². The van der Waals surface area contributed by atoms with Crippen LogP contribution >= 0.6 is 0 Å². The summed E-state index contributed by atoms with van der Waals surface area (Å²) in [4.78, 5) is 29.0. The van der Waals surface area contributed by atoms with Crippen molar-refractivity contribution in [3.63, 3.8) is 0 Å². The zero-order valence-corrected chi connectivity index (χ0v) is 12.1. The zero-order chi connectivity index (χ0) is 16.4. The summed E-state index contributed by atoms with van der Waals surface area (Å²) in [5, 5.41) is 13.9. The highest BCUT2D eigenvalue weighted by atomic mass is 16.7. The van der Waals surface area contributed by atoms with Crippen molar-refractivity contribution in [2.75, 3.05) is 26.4 Å². The molecule has 0 saturated heterocycles. The third-order valence-corrected chi connectivity index (χ3v) is 1.05. The fraction of sp³-hybridized carbons (Fsp3) is 0.727. The van der Waals surface area contributed by atoms with E-state index in [1.165, 1.54) is 0 Å². The molecule has 0 aliphatic carbocycles. The van der Waals surface area contributed by atoms with Gasteiger partial charge in [0.25, 0.3) is 0 Å². The van der Waals surface area contributed by atoms with E-state index in [1.807, 2.05) is 0 Å². The number of carboxylic acid groups (broad SMARTS) is 2. The van der Waals surface area contributed by atoms with Crippen LogP contribution in [0.2, 0.25) is 0 Å². The van der Waals surface area contributed by atoms with E-state index < -0.39 is 18.5 Å². The summed E-state index contributed by atoms with van der Waals surface area (Å²) in [6.07, 6.45) is -3.01. The molecule has 0 bridgehead atoms. The Morgan fingerprint density at radius 1 is 0.650 bits per heavy atom. The number of hydrogen-bond acceptors (Lipinski definition) is 7. The molecule has 0 aliphatic rings. The fourth-order valence-electron chi connectivity index (χ4n) is 0.555. The SMILES string of the molecule is CCOC(=O)OCC.CCOC(=O)OCC.O=C(O)O. The normalized spacial score (nSPS) is 7.80. The van der Waals surface area contributed by atoms with Gasteiger partial charge in [0.1, 0.15) is 0 Å². The van der Waals surface area contributed by atoms with E-state index in [0.717, 1.165) is 0 Å². The Balaban J connectivity index is -0.000000230. The Hall–Kier alpha value is -2.19. The lowest BCUT2D eigenvalue weighted by atomic mass is 10.8. The van der Waals surface area contributed by atoms with Crippen molar-refractivity contribution in [2.45, 2.75) is 27.7 Å². The monoisotopic (exact) mass is 298 g/mol. The molecule has 0 atom stereocenters. The summed E-state index contributed by atoms with van der Waals surface area (Å²) >= 11 is 0. The van der Waals surface area contributed by atoms with Gasteiger partial charge in [-0.2, -0.15) is 0 Å². The second-order valence-electron chi connectivity index (χ2n) is 2.51. The van der Waals surface area contributed by atoms with E-state index in [9.17, 15) is 9.59 Å². The summed E-state index contributed by atoms with van der Waals surface area (Å²) in [5.74, 6) is 0. The van der Waals surface area contributed by atoms with Crippen molar-refractivity contribution >= 4 is 18.5 Å². The molecule has 0 aromatic rings. The van der Waals surface area contributed by atoms with E-state index in [4.69, 9.17) is 15.0 Å². The van der Waals surface area contributed by atoms with E-state index in [0.29, 0.717) is 26.4 Å². The lowest BCUT2D eigenvalue weighted by Crippen LogP contribution is -2.05. The topological polar surface area (TPSA) is 129 Å². The van der Waals surface area contributed by atoms with Crippen LogP contribution in [-0.2, 0) is 18.9 Å². The van der Waals surface area contributed by atoms with Gasteiger partial charge in [-0.1, -0.05) is 0 Å². The largest absolute Gasteiger partial charge is 0.508 e. The second-order valence-corrected chi connectivity index (χ2v) is 2.51. The van der Waals surface area contributed by atoms with Crippen molar-refractivity contribution in [3.05, 3.63) is 0 Å². The van der Waals surface area contributed by atoms with Crippen LogP contribution in [0.15, 0.2) is 0 Å². The van der Waals surface area contributed by atoms with Gasteiger partial charge in [0.2, 0.25) is 0 Å². The second kappa shape index (κ2) is 19.2. The van der Waals surface area contributed by atoms with Crippen molar-refractivity contribution in [1.82, 2.24) is 0 Å². The van der Waals surface area contributed by atoms with Crippen molar-refractivity contribution < 1.29 is 43.5 Å². The molecule has 0 heterocycles. The summed E-state index contributed by atoms with van der Waals surface area (Å²) in [6.45, 7) is 8.43. The molecular formula is C11H22O9. The van der Waals surface area contributed by atoms with Gasteiger partial charge in [-0.3, -0.25) is 0 Å². The van der Waals surface area contributed by atoms with E-state index >= 15 is 0 Å². The Bertz CT molecular complexity index is 212. The van der Waals surface area contributed by atoms with Gasteiger partial charge < -0.3 is 29.2 Å². The van der Waals surface area contributed by atoms with Crippen LogP contribution in [0.4, 0.5) is 14.4 Å². The number of carbonyl (C=O) groups excluding carboxylic acids is 2. The quantitative estimate of drug-likeness (QED) is 0.752. The summed E-state index contributed by atoms with van der Waals surface area (Å²) < 4.78 is 17.7. The maximum atomic E-state index is 10.2. The first-order valence-electron chi connectivity index (χ1n) is 5.86. The predicted molar refractivity (Wildman–Crippen MR) is 67.9 cm³/mol. The molecule has 0 aliphatic heterocycles. The van der Waals surface area contributed by atoms with Gasteiger partial charge in [-0.05, 0) is 27.7 Å². The molecule has 9 nitrogen and oxygen atoms in total. The van der Waals surface area contributed by atoms with Crippen LogP contribution in [0, 0.1) is 0 Å². The van der Waals surface area contributed by atoms with Gasteiger partial charge in [0.15, 0.2) is 0 Å². The van der Waals surface area contributed by atoms with Crippen LogP contribution in [0.3, 0.4) is 0 Å². The first-order valence-corrected chi connectivity index (χ1v) is 5.86. The number of rotatable bonds is 4. The highest BCUT2D eigenvalue weighted by Crippen LogP contribution is 1.82. The standard InChI is InChI=1S/2C5H10O3.CH2O3/c2*1-3-7-5(6)8-4-2;2-1(3)4/h2*3-4H2,1-2H3;(H2,2,3,4). The summed E-state index contributed by atoms with van der Waals surface area (Å²) in [7, 11) is 0. The maximum absolute atomic E-state index is 10.2. The maximum Gasteiger partial charge on any atom is 0.508 e. The molecular weight excluding hydrogens is 276 g/mol. The minimum Gasteiger partial charge on any atom is -0.450 e. The van der Waals surface area contributed by atoms with Gasteiger partial charge >= 0.3 is 18.5 Å². The third-order valence-electron chi connectivity index (χ3n) is 1.05. The molecule has 0 spiro atoms. The lowest BCUT2D eigenvalue weighted by molar-refractivity contribution is 0.0620. The number of ether oxygens (including phenoxy) is 4. The van der Waals surface area contributed by atoms with Crippen molar-refractivity contribution in [3.8, 4) is 0 Å². The van der Waals surface area contributed by atoms with Gasteiger partial charge in [-0.15, -0.1) is 0 Å². The van der Waals surface area contributed by atoms with Crippen LogP contribution in [0.1, 0.15) is 27.7 Å². The average Bonchev–Trinajstić information content (AvgIpc) is 2.30. The van der Waals surface area contributed by atoms with E-state index in [-0.39, 0.29) is 0 Å². The first kappa shape index (κ1) is 22.9. The molecule has 0 unspecified atom stereocenters. The molecule has 0 fully saturated rings. The Morgan fingerprint density at radius 2 is 0.800 bits per heavy atom.